The van der Waals surface area contributed by atoms with Gasteiger partial charge < -0.3 is 15.4 Å². The van der Waals surface area contributed by atoms with Gasteiger partial charge in [-0.2, -0.15) is 0 Å². The zero-order chi connectivity index (χ0) is 15.9. The molecule has 2 rings (SSSR count). The van der Waals surface area contributed by atoms with Crippen LogP contribution in [0.3, 0.4) is 0 Å². The predicted octanol–water partition coefficient (Wildman–Crippen LogP) is 2.44. The number of para-hydroxylation sites is 1. The number of hydrogen-bond acceptors (Lipinski definition) is 4. The van der Waals surface area contributed by atoms with Crippen molar-refractivity contribution < 1.29 is 9.53 Å². The molecule has 0 radical (unpaired) electrons. The summed E-state index contributed by atoms with van der Waals surface area (Å²) >= 11 is 0. The predicted molar refractivity (Wildman–Crippen MR) is 87.0 cm³/mol. The number of hydrogen-bond donors (Lipinski definition) is 2. The fourth-order valence-electron chi connectivity index (χ4n) is 2.16. The Morgan fingerprint density at radius 2 is 1.91 bits per heavy atom. The number of carbonyl (C=O) groups is 1. The lowest BCUT2D eigenvalue weighted by Crippen LogP contribution is -2.29. The summed E-state index contributed by atoms with van der Waals surface area (Å²) < 4.78 is 5.00. The molecular formula is C17H21N3O2. The molecule has 2 N–H and O–H groups in total. The normalized spacial score (nSPS) is 10.1. The minimum atomic E-state index is -0.0570. The van der Waals surface area contributed by atoms with Gasteiger partial charge in [-0.3, -0.25) is 4.79 Å². The third kappa shape index (κ3) is 4.22. The van der Waals surface area contributed by atoms with Gasteiger partial charge in [-0.05, 0) is 30.5 Å². The lowest BCUT2D eigenvalue weighted by Gasteiger charge is -2.12. The maximum Gasteiger partial charge on any atom is 0.239 e. The Labute approximate surface area is 130 Å². The Bertz CT molecular complexity index is 619. The van der Waals surface area contributed by atoms with Gasteiger partial charge in [-0.1, -0.05) is 24.3 Å². The van der Waals surface area contributed by atoms with Crippen LogP contribution < -0.4 is 15.4 Å². The number of methoxy groups -OCH3 is 1. The Hall–Kier alpha value is -2.56. The van der Waals surface area contributed by atoms with E-state index in [4.69, 9.17) is 4.74 Å². The molecule has 5 nitrogen and oxygen atoms in total. The van der Waals surface area contributed by atoms with Crippen molar-refractivity contribution in [1.29, 1.82) is 0 Å². The van der Waals surface area contributed by atoms with Gasteiger partial charge in [0.15, 0.2) is 0 Å². The lowest BCUT2D eigenvalue weighted by atomic mass is 10.1. The molecule has 0 saturated heterocycles. The monoisotopic (exact) mass is 299 g/mol. The van der Waals surface area contributed by atoms with Crippen molar-refractivity contribution in [1.82, 2.24) is 10.3 Å². The molecule has 22 heavy (non-hydrogen) atoms. The van der Waals surface area contributed by atoms with Gasteiger partial charge in [0.2, 0.25) is 11.8 Å². The topological polar surface area (TPSA) is 63.2 Å². The zero-order valence-corrected chi connectivity index (χ0v) is 13.1. The van der Waals surface area contributed by atoms with Gasteiger partial charge >= 0.3 is 0 Å². The van der Waals surface area contributed by atoms with E-state index in [0.29, 0.717) is 12.4 Å². The number of anilines is 1. The van der Waals surface area contributed by atoms with Crippen LogP contribution in [-0.4, -0.2) is 24.5 Å². The molecule has 0 fully saturated rings. The second-order valence-electron chi connectivity index (χ2n) is 5.11. The van der Waals surface area contributed by atoms with Crippen LogP contribution in [0.4, 0.5) is 5.69 Å². The van der Waals surface area contributed by atoms with Crippen LogP contribution in [-0.2, 0) is 11.3 Å². The maximum atomic E-state index is 11.9. The Kier molecular flexibility index (Phi) is 5.36. The molecule has 2 aromatic rings. The van der Waals surface area contributed by atoms with E-state index in [9.17, 15) is 4.79 Å². The summed E-state index contributed by atoms with van der Waals surface area (Å²) in [5.74, 6) is 0.505. The first-order chi connectivity index (χ1) is 10.6. The summed E-state index contributed by atoms with van der Waals surface area (Å²) in [5.41, 5.74) is 4.21. The number of ether oxygens (including phenoxy) is 1. The number of aryl methyl sites for hydroxylation is 2. The second-order valence-corrected chi connectivity index (χ2v) is 5.11. The van der Waals surface area contributed by atoms with Crippen LogP contribution in [0.2, 0.25) is 0 Å². The van der Waals surface area contributed by atoms with Crippen LogP contribution in [0, 0.1) is 13.8 Å². The van der Waals surface area contributed by atoms with E-state index < -0.39 is 0 Å². The number of nitrogens with one attached hydrogen (secondary N) is 2. The van der Waals surface area contributed by atoms with E-state index in [1.54, 1.807) is 19.4 Å². The highest BCUT2D eigenvalue weighted by atomic mass is 16.5. The summed E-state index contributed by atoms with van der Waals surface area (Å²) in [7, 11) is 1.57. The maximum absolute atomic E-state index is 11.9. The molecule has 0 aliphatic rings. The average molecular weight is 299 g/mol. The second kappa shape index (κ2) is 7.45. The number of nitrogens with zero attached hydrogens (tertiary/aromatic N) is 1. The highest BCUT2D eigenvalue weighted by molar-refractivity contribution is 5.81. The van der Waals surface area contributed by atoms with Crippen molar-refractivity contribution >= 4 is 11.6 Å². The number of aromatic nitrogens is 1. The third-order valence-corrected chi connectivity index (χ3v) is 3.40. The Morgan fingerprint density at radius 3 is 2.50 bits per heavy atom. The average Bonchev–Trinajstić information content (AvgIpc) is 2.53. The largest absolute Gasteiger partial charge is 0.481 e. The van der Waals surface area contributed by atoms with E-state index in [0.717, 1.165) is 22.4 Å². The van der Waals surface area contributed by atoms with Crippen LogP contribution in [0.15, 0.2) is 36.5 Å². The first-order valence-electron chi connectivity index (χ1n) is 7.16. The summed E-state index contributed by atoms with van der Waals surface area (Å²) in [6.07, 6.45) is 1.69. The molecule has 0 bridgehead atoms. The highest BCUT2D eigenvalue weighted by Gasteiger charge is 2.05. The van der Waals surface area contributed by atoms with Crippen molar-refractivity contribution in [2.75, 3.05) is 19.0 Å². The summed E-state index contributed by atoms with van der Waals surface area (Å²) in [4.78, 5) is 16.0. The first kappa shape index (κ1) is 15.8. The molecule has 1 amide bonds. The molecule has 0 aliphatic heterocycles. The molecule has 5 heteroatoms. The molecule has 0 atom stereocenters. The number of rotatable bonds is 6. The molecule has 0 aliphatic carbocycles. The van der Waals surface area contributed by atoms with Crippen molar-refractivity contribution in [3.05, 3.63) is 53.2 Å². The quantitative estimate of drug-likeness (QED) is 0.860. The summed E-state index contributed by atoms with van der Waals surface area (Å²) in [6, 6.07) is 9.71. The third-order valence-electron chi connectivity index (χ3n) is 3.40. The smallest absolute Gasteiger partial charge is 0.239 e. The Morgan fingerprint density at radius 1 is 1.18 bits per heavy atom. The number of pyridine rings is 1. The Balaban J connectivity index is 1.83. The van der Waals surface area contributed by atoms with Crippen LogP contribution in [0.1, 0.15) is 16.7 Å². The molecule has 1 aromatic carbocycles. The van der Waals surface area contributed by atoms with Gasteiger partial charge in [0.1, 0.15) is 0 Å². The van der Waals surface area contributed by atoms with E-state index >= 15 is 0 Å². The van der Waals surface area contributed by atoms with Crippen LogP contribution in [0.25, 0.3) is 0 Å². The van der Waals surface area contributed by atoms with Crippen molar-refractivity contribution in [2.24, 2.45) is 0 Å². The molecule has 0 spiro atoms. The molecular weight excluding hydrogens is 278 g/mol. The van der Waals surface area contributed by atoms with E-state index in [-0.39, 0.29) is 12.5 Å². The molecule has 0 unspecified atom stereocenters. The molecule has 116 valence electrons. The fourth-order valence-corrected chi connectivity index (χ4v) is 2.16. The minimum absolute atomic E-state index is 0.0570. The fraction of sp³-hybridized carbons (Fsp3) is 0.294. The summed E-state index contributed by atoms with van der Waals surface area (Å²) in [6.45, 7) is 4.74. The molecule has 1 aromatic heterocycles. The number of amides is 1. The zero-order valence-electron chi connectivity index (χ0n) is 13.1. The van der Waals surface area contributed by atoms with Crippen molar-refractivity contribution in [3.63, 3.8) is 0 Å². The standard InChI is InChI=1S/C17H21N3O2/c1-12-5-4-6-13(2)17(12)20-11-15(21)18-9-14-7-8-16(22-3)19-10-14/h4-8,10,20H,9,11H2,1-3H3,(H,18,21). The van der Waals surface area contributed by atoms with Gasteiger partial charge in [0, 0.05) is 24.5 Å². The van der Waals surface area contributed by atoms with Crippen LogP contribution >= 0.6 is 0 Å². The van der Waals surface area contributed by atoms with E-state index in [1.807, 2.05) is 38.1 Å². The SMILES string of the molecule is COc1ccc(CNC(=O)CNc2c(C)cccc2C)cn1. The summed E-state index contributed by atoms with van der Waals surface area (Å²) in [5, 5.41) is 6.05. The highest BCUT2D eigenvalue weighted by Crippen LogP contribution is 2.18. The van der Waals surface area contributed by atoms with Crippen LogP contribution in [0.5, 0.6) is 5.88 Å². The lowest BCUT2D eigenvalue weighted by molar-refractivity contribution is -0.119. The van der Waals surface area contributed by atoms with Gasteiger partial charge in [-0.25, -0.2) is 4.98 Å². The van der Waals surface area contributed by atoms with Crippen molar-refractivity contribution in [3.8, 4) is 5.88 Å². The van der Waals surface area contributed by atoms with Gasteiger partial charge in [-0.15, -0.1) is 0 Å². The molecule has 0 saturated carbocycles. The number of carbonyl (C=O) groups excluding carboxylic acids is 1. The number of benzene rings is 1. The van der Waals surface area contributed by atoms with Crippen molar-refractivity contribution in [2.45, 2.75) is 20.4 Å². The van der Waals surface area contributed by atoms with E-state index in [1.165, 1.54) is 0 Å². The van der Waals surface area contributed by atoms with Gasteiger partial charge in [0.05, 0.1) is 13.7 Å². The first-order valence-corrected chi connectivity index (χ1v) is 7.16. The van der Waals surface area contributed by atoms with E-state index in [2.05, 4.69) is 15.6 Å². The molecule has 1 heterocycles. The van der Waals surface area contributed by atoms with Gasteiger partial charge in [0.25, 0.3) is 0 Å². The minimum Gasteiger partial charge on any atom is -0.481 e.